The van der Waals surface area contributed by atoms with E-state index in [9.17, 15) is 14.4 Å². The largest absolute Gasteiger partial charge is 0.395 e. The summed E-state index contributed by atoms with van der Waals surface area (Å²) in [5.74, 6) is -1.77. The number of nitrogen functional groups attached to an aromatic ring is 1. The molecule has 3 aromatic rings. The fraction of sp³-hybridized carbons (Fsp3) is 0.308. The highest BCUT2D eigenvalue weighted by Gasteiger charge is 2.36. The number of ether oxygens (including phenoxy) is 1. The van der Waals surface area contributed by atoms with Crippen LogP contribution in [-0.2, 0) is 9.53 Å². The van der Waals surface area contributed by atoms with E-state index in [-0.39, 0.29) is 28.3 Å². The Bertz CT molecular complexity index is 1260. The van der Waals surface area contributed by atoms with Crippen molar-refractivity contribution in [2.24, 2.45) is 5.73 Å². The maximum Gasteiger partial charge on any atom is 0.273 e. The number of nitrogens with one attached hydrogen (secondary N) is 1. The first-order chi connectivity index (χ1) is 17.8. The zero-order chi connectivity index (χ0) is 26.5. The third kappa shape index (κ3) is 5.73. The SMILES string of the molecule is CN(C)c1ccc([C@@H](C(=O)NC[C@H]2CCCO2)N(C(=O)c2snc(C(N)=O)c2N)c2ccccc2)cc1. The minimum atomic E-state index is -1.04. The van der Waals surface area contributed by atoms with E-state index < -0.39 is 17.9 Å². The van der Waals surface area contributed by atoms with E-state index in [1.54, 1.807) is 24.3 Å². The number of carbonyl (C=O) groups excluding carboxylic acids is 3. The van der Waals surface area contributed by atoms with Gasteiger partial charge < -0.3 is 26.4 Å². The Morgan fingerprint density at radius 2 is 1.81 bits per heavy atom. The maximum absolute atomic E-state index is 14.0. The third-order valence-electron chi connectivity index (χ3n) is 6.17. The lowest BCUT2D eigenvalue weighted by atomic mass is 10.0. The van der Waals surface area contributed by atoms with Crippen molar-refractivity contribution < 1.29 is 19.1 Å². The summed E-state index contributed by atoms with van der Waals surface area (Å²) in [5.41, 5.74) is 13.2. The van der Waals surface area contributed by atoms with Gasteiger partial charge in [-0.05, 0) is 54.2 Å². The number of carbonyl (C=O) groups is 3. The van der Waals surface area contributed by atoms with Crippen molar-refractivity contribution in [3.8, 4) is 0 Å². The Labute approximate surface area is 219 Å². The van der Waals surface area contributed by atoms with E-state index in [1.807, 2.05) is 49.3 Å². The Kier molecular flexibility index (Phi) is 8.04. The second kappa shape index (κ2) is 11.4. The highest BCUT2D eigenvalue weighted by atomic mass is 32.1. The van der Waals surface area contributed by atoms with Crippen molar-refractivity contribution in [2.75, 3.05) is 42.8 Å². The van der Waals surface area contributed by atoms with Gasteiger partial charge >= 0.3 is 0 Å². The molecule has 0 unspecified atom stereocenters. The molecule has 0 spiro atoms. The predicted molar refractivity (Wildman–Crippen MR) is 144 cm³/mol. The van der Waals surface area contributed by atoms with Crippen LogP contribution in [0, 0.1) is 0 Å². The summed E-state index contributed by atoms with van der Waals surface area (Å²) in [6.45, 7) is 0.994. The molecule has 1 aliphatic rings. The first-order valence-electron chi connectivity index (χ1n) is 11.9. The standard InChI is InChI=1S/C26H30N6O4S/c1-31(2)17-12-10-16(11-13-17)22(25(34)29-15-19-9-6-14-36-19)32(18-7-4-3-5-8-18)26(35)23-20(27)21(24(28)33)30-37-23/h3-5,7-8,10-13,19,22H,6,9,14-15,27H2,1-2H3,(H2,28,33)(H,29,34)/t19-,22+/m1/s1. The summed E-state index contributed by atoms with van der Waals surface area (Å²) in [6, 6.07) is 15.2. The van der Waals surface area contributed by atoms with Gasteiger partial charge in [-0.3, -0.25) is 19.3 Å². The summed E-state index contributed by atoms with van der Waals surface area (Å²) >= 11 is 0.775. The molecule has 2 atom stereocenters. The number of primary amides is 1. The zero-order valence-electron chi connectivity index (χ0n) is 20.7. The minimum absolute atomic E-state index is 0.0273. The number of hydrogen-bond donors (Lipinski definition) is 3. The van der Waals surface area contributed by atoms with Gasteiger partial charge in [0.05, 0.1) is 11.8 Å². The summed E-state index contributed by atoms with van der Waals surface area (Å²) in [7, 11) is 3.84. The quantitative estimate of drug-likeness (QED) is 0.392. The molecule has 1 aromatic heterocycles. The molecule has 1 fully saturated rings. The Balaban J connectivity index is 1.79. The predicted octanol–water partition coefficient (Wildman–Crippen LogP) is 2.57. The summed E-state index contributed by atoms with van der Waals surface area (Å²) in [5, 5.41) is 2.97. The van der Waals surface area contributed by atoms with Gasteiger partial charge in [-0.15, -0.1) is 0 Å². The average molecular weight is 523 g/mol. The Hall–Kier alpha value is -3.96. The second-order valence-electron chi connectivity index (χ2n) is 8.92. The molecule has 37 heavy (non-hydrogen) atoms. The van der Waals surface area contributed by atoms with E-state index >= 15 is 0 Å². The van der Waals surface area contributed by atoms with Crippen LogP contribution >= 0.6 is 11.5 Å². The van der Waals surface area contributed by atoms with E-state index in [4.69, 9.17) is 16.2 Å². The van der Waals surface area contributed by atoms with Crippen LogP contribution in [0.2, 0.25) is 0 Å². The topological polar surface area (TPSA) is 144 Å². The van der Waals surface area contributed by atoms with Crippen LogP contribution in [0.15, 0.2) is 54.6 Å². The zero-order valence-corrected chi connectivity index (χ0v) is 21.5. The van der Waals surface area contributed by atoms with Gasteiger partial charge in [0.2, 0.25) is 5.91 Å². The van der Waals surface area contributed by atoms with Crippen molar-refractivity contribution in [3.63, 3.8) is 0 Å². The van der Waals surface area contributed by atoms with Crippen LogP contribution in [0.1, 0.15) is 44.6 Å². The Morgan fingerprint density at radius 1 is 1.11 bits per heavy atom. The number of nitrogens with two attached hydrogens (primary N) is 2. The van der Waals surface area contributed by atoms with Gasteiger partial charge in [0.25, 0.3) is 11.8 Å². The van der Waals surface area contributed by atoms with Gasteiger partial charge in [-0.25, -0.2) is 0 Å². The number of nitrogens with zero attached hydrogens (tertiary/aromatic N) is 3. The lowest BCUT2D eigenvalue weighted by molar-refractivity contribution is -0.123. The normalized spacial score (nSPS) is 15.7. The lowest BCUT2D eigenvalue weighted by Gasteiger charge is -2.31. The molecule has 0 saturated carbocycles. The van der Waals surface area contributed by atoms with E-state index in [2.05, 4.69) is 9.69 Å². The number of anilines is 3. The lowest BCUT2D eigenvalue weighted by Crippen LogP contribution is -2.45. The molecule has 3 amide bonds. The number of amides is 3. The first-order valence-corrected chi connectivity index (χ1v) is 12.7. The smallest absolute Gasteiger partial charge is 0.273 e. The molecule has 0 aliphatic carbocycles. The minimum Gasteiger partial charge on any atom is -0.395 e. The average Bonchev–Trinajstić information content (AvgIpc) is 3.55. The highest BCUT2D eigenvalue weighted by molar-refractivity contribution is 7.09. The molecule has 5 N–H and O–H groups in total. The van der Waals surface area contributed by atoms with Crippen molar-refractivity contribution in [1.82, 2.24) is 9.69 Å². The van der Waals surface area contributed by atoms with Gasteiger partial charge in [-0.2, -0.15) is 4.37 Å². The van der Waals surface area contributed by atoms with Crippen molar-refractivity contribution in [1.29, 1.82) is 0 Å². The second-order valence-corrected chi connectivity index (χ2v) is 9.69. The van der Waals surface area contributed by atoms with Gasteiger partial charge in [-0.1, -0.05) is 30.3 Å². The van der Waals surface area contributed by atoms with E-state index in [1.165, 1.54) is 4.90 Å². The molecule has 10 nitrogen and oxygen atoms in total. The van der Waals surface area contributed by atoms with Crippen molar-refractivity contribution >= 4 is 46.3 Å². The molecule has 1 aliphatic heterocycles. The maximum atomic E-state index is 14.0. The molecule has 1 saturated heterocycles. The molecular weight excluding hydrogens is 492 g/mol. The summed E-state index contributed by atoms with van der Waals surface area (Å²) < 4.78 is 9.65. The van der Waals surface area contributed by atoms with Crippen molar-refractivity contribution in [2.45, 2.75) is 25.0 Å². The third-order valence-corrected chi connectivity index (χ3v) is 7.02. The van der Waals surface area contributed by atoms with Crippen LogP contribution in [0.3, 0.4) is 0 Å². The number of aromatic nitrogens is 1. The number of para-hydroxylation sites is 1. The molecule has 4 rings (SSSR count). The molecule has 0 bridgehead atoms. The number of benzene rings is 2. The molecule has 0 radical (unpaired) electrons. The fourth-order valence-corrected chi connectivity index (χ4v) is 4.94. The van der Waals surface area contributed by atoms with Crippen LogP contribution in [0.4, 0.5) is 17.1 Å². The molecule has 2 heterocycles. The molecular formula is C26H30N6O4S. The monoisotopic (exact) mass is 522 g/mol. The van der Waals surface area contributed by atoms with Gasteiger partial charge in [0, 0.05) is 38.6 Å². The van der Waals surface area contributed by atoms with Gasteiger partial charge in [0.1, 0.15) is 10.9 Å². The summed E-state index contributed by atoms with van der Waals surface area (Å²) in [6.07, 6.45) is 1.73. The number of hydrogen-bond acceptors (Lipinski definition) is 8. The van der Waals surface area contributed by atoms with Crippen LogP contribution in [-0.4, -0.2) is 55.4 Å². The van der Waals surface area contributed by atoms with Crippen LogP contribution in [0.5, 0.6) is 0 Å². The van der Waals surface area contributed by atoms with Crippen LogP contribution < -0.4 is 26.6 Å². The van der Waals surface area contributed by atoms with Crippen LogP contribution in [0.25, 0.3) is 0 Å². The van der Waals surface area contributed by atoms with E-state index in [0.717, 1.165) is 30.1 Å². The fourth-order valence-electron chi connectivity index (χ4n) is 4.20. The number of rotatable bonds is 9. The summed E-state index contributed by atoms with van der Waals surface area (Å²) in [4.78, 5) is 42.9. The Morgan fingerprint density at radius 3 is 2.38 bits per heavy atom. The first kappa shape index (κ1) is 26.1. The molecule has 2 aromatic carbocycles. The molecule has 11 heteroatoms. The van der Waals surface area contributed by atoms with Gasteiger partial charge in [0.15, 0.2) is 5.69 Å². The van der Waals surface area contributed by atoms with Crippen molar-refractivity contribution in [3.05, 3.63) is 70.7 Å². The highest BCUT2D eigenvalue weighted by Crippen LogP contribution is 2.33. The van der Waals surface area contributed by atoms with E-state index in [0.29, 0.717) is 24.4 Å². The molecule has 194 valence electrons.